The van der Waals surface area contributed by atoms with E-state index in [0.717, 1.165) is 86.2 Å². The van der Waals surface area contributed by atoms with E-state index >= 15 is 0 Å². The Balaban J connectivity index is 1.65. The Hall–Kier alpha value is -5.27. The van der Waals surface area contributed by atoms with E-state index in [-0.39, 0.29) is 5.78 Å². The highest BCUT2D eigenvalue weighted by Gasteiger charge is 2.24. The zero-order valence-corrected chi connectivity index (χ0v) is 32.0. The van der Waals surface area contributed by atoms with Crippen LogP contribution in [0, 0.1) is 26.7 Å². The number of aromatic nitrogens is 1. The van der Waals surface area contributed by atoms with E-state index in [2.05, 4.69) is 79.0 Å². The normalized spacial score (nSPS) is 12.5. The fraction of sp³-hybridized carbons (Fsp3) is 0.326. The van der Waals surface area contributed by atoms with Gasteiger partial charge in [0.15, 0.2) is 5.78 Å². The van der Waals surface area contributed by atoms with Gasteiger partial charge in [0.25, 0.3) is 0 Å². The van der Waals surface area contributed by atoms with E-state index in [0.29, 0.717) is 41.7 Å². The summed E-state index contributed by atoms with van der Waals surface area (Å²) in [4.78, 5) is 32.1. The molecule has 0 spiro atoms. The number of carbonyl (C=O) groups is 2. The maximum absolute atomic E-state index is 14.7. The van der Waals surface area contributed by atoms with Gasteiger partial charge in [-0.1, -0.05) is 98.4 Å². The van der Waals surface area contributed by atoms with Gasteiger partial charge in [0, 0.05) is 64.5 Å². The van der Waals surface area contributed by atoms with Crippen molar-refractivity contribution in [1.82, 2.24) is 4.57 Å². The van der Waals surface area contributed by atoms with Crippen LogP contribution >= 0.6 is 0 Å². The Morgan fingerprint density at radius 2 is 1.51 bits per heavy atom. The van der Waals surface area contributed by atoms with Gasteiger partial charge in [-0.3, -0.25) is 4.79 Å². The lowest BCUT2D eigenvalue weighted by Gasteiger charge is -2.19. The molecule has 0 fully saturated rings. The molecular weight excluding hydrogens is 661 g/mol. The van der Waals surface area contributed by atoms with Crippen LogP contribution in [0.15, 0.2) is 90.1 Å². The van der Waals surface area contributed by atoms with Gasteiger partial charge in [0.2, 0.25) is 0 Å². The second-order valence-corrected chi connectivity index (χ2v) is 14.1. The van der Waals surface area contributed by atoms with Crippen LogP contribution in [-0.4, -0.2) is 42.4 Å². The number of para-hydroxylation sites is 1. The molecule has 0 radical (unpaired) electrons. The van der Waals surface area contributed by atoms with E-state index in [4.69, 9.17) is 14.3 Å². The van der Waals surface area contributed by atoms with Crippen LogP contribution < -0.4 is 4.74 Å². The molecule has 0 aliphatic carbocycles. The minimum absolute atomic E-state index is 0.0174. The summed E-state index contributed by atoms with van der Waals surface area (Å²) in [6.45, 7) is 13.6. The second-order valence-electron chi connectivity index (χ2n) is 14.1. The molecule has 0 saturated heterocycles. The largest absolute Gasteiger partial charge is 0.490 e. The number of oxime groups is 1. The van der Waals surface area contributed by atoms with Crippen LogP contribution in [0.2, 0.25) is 0 Å². The standard InChI is InChI=1S/C46H50N2O5/c1-8-10-15-33(9-2)28-48-41-21-20-34(44(47-53-32(6)49)37-18-13-14-19-42(37)52-23-22-51-7)26-38(41)39-27-40(35-16-11-12-17-36(35)45(39)48)46(50)43-30(4)24-29(3)25-31(43)5/h11-14,16-21,24-27,33H,8-10,15,22-23,28H2,1-7H3. The number of aryl methyl sites for hydroxylation is 3. The zero-order chi connectivity index (χ0) is 37.6. The topological polar surface area (TPSA) is 79.1 Å². The van der Waals surface area contributed by atoms with Gasteiger partial charge >= 0.3 is 5.97 Å². The van der Waals surface area contributed by atoms with Crippen LogP contribution in [-0.2, 0) is 20.9 Å². The summed E-state index contributed by atoms with van der Waals surface area (Å²) in [5.41, 5.74) is 8.60. The average molecular weight is 711 g/mol. The monoisotopic (exact) mass is 710 g/mol. The van der Waals surface area contributed by atoms with Gasteiger partial charge in [-0.2, -0.15) is 0 Å². The number of hydrogen-bond acceptors (Lipinski definition) is 6. The molecule has 7 heteroatoms. The summed E-state index contributed by atoms with van der Waals surface area (Å²) in [6, 6.07) is 28.4. The zero-order valence-electron chi connectivity index (χ0n) is 32.0. The number of ether oxygens (including phenoxy) is 2. The molecular formula is C46H50N2O5. The molecule has 0 amide bonds. The summed E-state index contributed by atoms with van der Waals surface area (Å²) >= 11 is 0. The first-order valence-corrected chi connectivity index (χ1v) is 18.7. The molecule has 274 valence electrons. The van der Waals surface area contributed by atoms with E-state index < -0.39 is 5.97 Å². The van der Waals surface area contributed by atoms with Gasteiger partial charge in [0.05, 0.1) is 12.1 Å². The first kappa shape index (κ1) is 37.5. The molecule has 1 heterocycles. The number of ketones is 1. The number of benzene rings is 5. The van der Waals surface area contributed by atoms with Gasteiger partial charge in [0.1, 0.15) is 18.1 Å². The van der Waals surface area contributed by atoms with Crippen LogP contribution in [0.5, 0.6) is 5.75 Å². The quantitative estimate of drug-likeness (QED) is 0.0348. The van der Waals surface area contributed by atoms with Crippen LogP contribution in [0.4, 0.5) is 0 Å². The number of unbranched alkanes of at least 4 members (excludes halogenated alkanes) is 1. The Morgan fingerprint density at radius 1 is 0.792 bits per heavy atom. The molecule has 7 nitrogen and oxygen atoms in total. The molecule has 1 atom stereocenters. The summed E-state index contributed by atoms with van der Waals surface area (Å²) < 4.78 is 13.8. The van der Waals surface area contributed by atoms with E-state index in [1.54, 1.807) is 7.11 Å². The van der Waals surface area contributed by atoms with Gasteiger partial charge in [-0.25, -0.2) is 4.79 Å². The van der Waals surface area contributed by atoms with Gasteiger partial charge < -0.3 is 18.9 Å². The number of nitrogens with zero attached hydrogens (tertiary/aromatic N) is 2. The molecule has 1 unspecified atom stereocenters. The third-order valence-electron chi connectivity index (χ3n) is 10.2. The third kappa shape index (κ3) is 7.77. The lowest BCUT2D eigenvalue weighted by Crippen LogP contribution is -2.12. The van der Waals surface area contributed by atoms with Crippen molar-refractivity contribution in [2.75, 3.05) is 20.3 Å². The lowest BCUT2D eigenvalue weighted by atomic mass is 9.89. The van der Waals surface area contributed by atoms with E-state index in [1.807, 2.05) is 50.2 Å². The first-order chi connectivity index (χ1) is 25.7. The third-order valence-corrected chi connectivity index (χ3v) is 10.2. The lowest BCUT2D eigenvalue weighted by molar-refractivity contribution is -0.140. The van der Waals surface area contributed by atoms with Crippen molar-refractivity contribution >= 4 is 50.0 Å². The fourth-order valence-corrected chi connectivity index (χ4v) is 7.73. The summed E-state index contributed by atoms with van der Waals surface area (Å²) in [6.07, 6.45) is 4.54. The smallest absolute Gasteiger partial charge is 0.332 e. The SMILES string of the molecule is CCCCC(CC)Cn1c2ccc(C(=NOC(C)=O)c3ccccc3OCCOC)cc2c2cc(C(=O)c3c(C)cc(C)cc3C)c3ccccc3c21. The predicted molar refractivity (Wildman–Crippen MR) is 216 cm³/mol. The van der Waals surface area contributed by atoms with Crippen molar-refractivity contribution in [2.45, 2.75) is 73.8 Å². The van der Waals surface area contributed by atoms with Crippen LogP contribution in [0.1, 0.15) is 90.2 Å². The highest BCUT2D eigenvalue weighted by Crippen LogP contribution is 2.39. The van der Waals surface area contributed by atoms with Crippen molar-refractivity contribution in [3.63, 3.8) is 0 Å². The predicted octanol–water partition coefficient (Wildman–Crippen LogP) is 10.7. The molecule has 6 rings (SSSR count). The molecule has 0 bridgehead atoms. The summed E-state index contributed by atoms with van der Waals surface area (Å²) in [7, 11) is 1.63. The Kier molecular flexibility index (Phi) is 11.7. The highest BCUT2D eigenvalue weighted by molar-refractivity contribution is 6.27. The van der Waals surface area contributed by atoms with Crippen molar-refractivity contribution in [3.05, 3.63) is 124 Å². The number of rotatable bonds is 15. The van der Waals surface area contributed by atoms with E-state index in [9.17, 15) is 9.59 Å². The molecule has 1 aromatic heterocycles. The molecule has 0 N–H and O–H groups in total. The number of methoxy groups -OCH3 is 1. The molecule has 0 aliphatic rings. The van der Waals surface area contributed by atoms with Crippen molar-refractivity contribution in [2.24, 2.45) is 11.1 Å². The fourth-order valence-electron chi connectivity index (χ4n) is 7.73. The van der Waals surface area contributed by atoms with Crippen molar-refractivity contribution in [3.8, 4) is 5.75 Å². The first-order valence-electron chi connectivity index (χ1n) is 18.7. The number of fused-ring (bicyclic) bond motifs is 5. The molecule has 6 aromatic rings. The van der Waals surface area contributed by atoms with Gasteiger partial charge in [-0.15, -0.1) is 0 Å². The van der Waals surface area contributed by atoms with E-state index in [1.165, 1.54) is 13.3 Å². The minimum Gasteiger partial charge on any atom is -0.490 e. The molecule has 0 aliphatic heterocycles. The average Bonchev–Trinajstić information content (AvgIpc) is 3.45. The van der Waals surface area contributed by atoms with Crippen molar-refractivity contribution in [1.29, 1.82) is 0 Å². The second kappa shape index (κ2) is 16.6. The molecule has 5 aromatic carbocycles. The maximum atomic E-state index is 14.7. The number of carbonyl (C=O) groups excluding carboxylic acids is 2. The Morgan fingerprint density at radius 3 is 2.21 bits per heavy atom. The summed E-state index contributed by atoms with van der Waals surface area (Å²) in [5.74, 6) is 0.585. The summed E-state index contributed by atoms with van der Waals surface area (Å²) in [5, 5.41) is 8.37. The Bertz CT molecular complexity index is 2310. The highest BCUT2D eigenvalue weighted by atomic mass is 16.7. The van der Waals surface area contributed by atoms with Gasteiger partial charge in [-0.05, 0) is 80.0 Å². The van der Waals surface area contributed by atoms with Crippen LogP contribution in [0.3, 0.4) is 0 Å². The molecule has 0 saturated carbocycles. The van der Waals surface area contributed by atoms with Crippen molar-refractivity contribution < 1.29 is 23.9 Å². The minimum atomic E-state index is -0.521. The van der Waals surface area contributed by atoms with Crippen LogP contribution in [0.25, 0.3) is 32.6 Å². The number of hydrogen-bond donors (Lipinski definition) is 0. The molecule has 53 heavy (non-hydrogen) atoms. The maximum Gasteiger partial charge on any atom is 0.332 e. The Labute approximate surface area is 312 Å².